The maximum absolute atomic E-state index is 12.8. The number of hydrogen-bond donors (Lipinski definition) is 4. The molecular formula is C19H18BN5O2. The highest BCUT2D eigenvalue weighted by atomic mass is 16.2. The van der Waals surface area contributed by atoms with E-state index in [4.69, 9.17) is 5.73 Å². The second kappa shape index (κ2) is 7.18. The minimum Gasteiger partial charge on any atom is -0.428 e. The second-order valence-corrected chi connectivity index (χ2v) is 6.39. The monoisotopic (exact) mass is 359 g/mol. The number of fused-ring (bicyclic) bond motifs is 2. The van der Waals surface area contributed by atoms with Crippen LogP contribution in [0.4, 0.5) is 5.69 Å². The third-order valence-corrected chi connectivity index (χ3v) is 4.67. The summed E-state index contributed by atoms with van der Waals surface area (Å²) < 4.78 is 0. The molecule has 134 valence electrons. The first-order chi connectivity index (χ1) is 13.2. The molecule has 1 aliphatic rings. The Bertz CT molecular complexity index is 1040. The number of pyridine rings is 1. The number of benzene rings is 2. The van der Waals surface area contributed by atoms with Crippen LogP contribution in [0.2, 0.25) is 0 Å². The molecule has 0 spiro atoms. The van der Waals surface area contributed by atoms with Crippen molar-refractivity contribution in [2.75, 3.05) is 11.9 Å². The van der Waals surface area contributed by atoms with Gasteiger partial charge < -0.3 is 21.4 Å². The van der Waals surface area contributed by atoms with Crippen LogP contribution in [0.5, 0.6) is 0 Å². The van der Waals surface area contributed by atoms with E-state index in [0.717, 1.165) is 21.9 Å². The van der Waals surface area contributed by atoms with Gasteiger partial charge in [0.1, 0.15) is 0 Å². The smallest absolute Gasteiger partial charge is 0.428 e. The average Bonchev–Trinajstić information content (AvgIpc) is 2.68. The van der Waals surface area contributed by atoms with Crippen molar-refractivity contribution < 1.29 is 9.82 Å². The van der Waals surface area contributed by atoms with Gasteiger partial charge in [-0.15, -0.1) is 0 Å². The minimum atomic E-state index is -0.851. The average molecular weight is 359 g/mol. The van der Waals surface area contributed by atoms with Gasteiger partial charge in [0.05, 0.1) is 12.1 Å². The summed E-state index contributed by atoms with van der Waals surface area (Å²) in [6.45, 7) is 0.167. The topological polar surface area (TPSA) is 113 Å². The predicted octanol–water partition coefficient (Wildman–Crippen LogP) is 0.540. The van der Waals surface area contributed by atoms with Gasteiger partial charge in [0.15, 0.2) is 0 Å². The van der Waals surface area contributed by atoms with Crippen molar-refractivity contribution in [3.8, 4) is 0 Å². The van der Waals surface area contributed by atoms with Gasteiger partial charge in [0.2, 0.25) is 5.91 Å². The summed E-state index contributed by atoms with van der Waals surface area (Å²) in [4.78, 5) is 16.9. The minimum absolute atomic E-state index is 0.167. The van der Waals surface area contributed by atoms with E-state index >= 15 is 0 Å². The summed E-state index contributed by atoms with van der Waals surface area (Å²) in [6.07, 6.45) is 5.12. The molecule has 1 unspecified atom stereocenters. The van der Waals surface area contributed by atoms with E-state index in [0.29, 0.717) is 11.2 Å². The van der Waals surface area contributed by atoms with Gasteiger partial charge in [0, 0.05) is 30.0 Å². The predicted molar refractivity (Wildman–Crippen MR) is 107 cm³/mol. The second-order valence-electron chi connectivity index (χ2n) is 6.39. The SMILES string of the molecule is NCC(C(=O)Nc1ccc2cnccc2c1)c1ccc2c(c1)C=NNB2O. The lowest BCUT2D eigenvalue weighted by Crippen LogP contribution is -2.47. The zero-order valence-corrected chi connectivity index (χ0v) is 14.5. The number of nitrogens with two attached hydrogens (primary N) is 1. The van der Waals surface area contributed by atoms with Gasteiger partial charge in [-0.1, -0.05) is 18.2 Å². The van der Waals surface area contributed by atoms with Crippen molar-refractivity contribution in [1.82, 2.24) is 10.3 Å². The number of hydrazone groups is 1. The van der Waals surface area contributed by atoms with Crippen molar-refractivity contribution in [1.29, 1.82) is 0 Å². The van der Waals surface area contributed by atoms with Crippen molar-refractivity contribution in [3.05, 3.63) is 66.0 Å². The fourth-order valence-electron chi connectivity index (χ4n) is 3.20. The largest absolute Gasteiger partial charge is 0.464 e. The quantitative estimate of drug-likeness (QED) is 0.508. The molecule has 27 heavy (non-hydrogen) atoms. The Morgan fingerprint density at radius 2 is 2.11 bits per heavy atom. The first kappa shape index (κ1) is 17.2. The Morgan fingerprint density at radius 1 is 1.22 bits per heavy atom. The lowest BCUT2D eigenvalue weighted by Gasteiger charge is -2.19. The fraction of sp³-hybridized carbons (Fsp3) is 0.105. The Labute approximate surface area is 156 Å². The van der Waals surface area contributed by atoms with E-state index in [1.165, 1.54) is 0 Å². The van der Waals surface area contributed by atoms with Crippen LogP contribution in [0.1, 0.15) is 17.0 Å². The molecule has 0 saturated carbocycles. The van der Waals surface area contributed by atoms with E-state index in [-0.39, 0.29) is 12.5 Å². The number of nitrogens with zero attached hydrogens (tertiary/aromatic N) is 2. The molecule has 3 aromatic rings. The molecule has 0 bridgehead atoms. The van der Waals surface area contributed by atoms with Crippen LogP contribution in [-0.4, -0.2) is 35.7 Å². The van der Waals surface area contributed by atoms with Crippen LogP contribution in [0.15, 0.2) is 60.0 Å². The number of anilines is 1. The van der Waals surface area contributed by atoms with Crippen molar-refractivity contribution in [3.63, 3.8) is 0 Å². The zero-order valence-electron chi connectivity index (χ0n) is 14.5. The standard InChI is InChI=1S/C19H18BN5O2/c21-9-17(13-2-4-18-15(7-13)11-23-25-20(18)27)19(26)24-16-3-1-14-10-22-6-5-12(14)8-16/h1-8,10-11,17,25,27H,9,21H2,(H,24,26). The van der Waals surface area contributed by atoms with Gasteiger partial charge in [-0.2, -0.15) is 5.10 Å². The van der Waals surface area contributed by atoms with Gasteiger partial charge in [-0.3, -0.25) is 9.78 Å². The fourth-order valence-corrected chi connectivity index (χ4v) is 3.20. The summed E-state index contributed by atoms with van der Waals surface area (Å²) in [5.74, 6) is -0.693. The molecule has 0 fully saturated rings. The number of hydrogen-bond acceptors (Lipinski definition) is 6. The van der Waals surface area contributed by atoms with Gasteiger partial charge in [-0.25, -0.2) is 0 Å². The maximum Gasteiger partial charge on any atom is 0.464 e. The van der Waals surface area contributed by atoms with Crippen molar-refractivity contribution in [2.24, 2.45) is 10.8 Å². The van der Waals surface area contributed by atoms with E-state index in [2.05, 4.69) is 20.7 Å². The van der Waals surface area contributed by atoms with E-state index < -0.39 is 13.0 Å². The van der Waals surface area contributed by atoms with E-state index in [1.54, 1.807) is 24.7 Å². The Hall–Kier alpha value is -3.23. The van der Waals surface area contributed by atoms with Gasteiger partial charge >= 0.3 is 7.05 Å². The molecule has 4 rings (SSSR count). The highest BCUT2D eigenvalue weighted by Crippen LogP contribution is 2.21. The highest BCUT2D eigenvalue weighted by molar-refractivity contribution is 6.65. The van der Waals surface area contributed by atoms with Crippen molar-refractivity contribution in [2.45, 2.75) is 5.92 Å². The van der Waals surface area contributed by atoms with E-state index in [9.17, 15) is 9.82 Å². The number of rotatable bonds is 4. The molecule has 5 N–H and O–H groups in total. The Morgan fingerprint density at radius 3 is 2.96 bits per heavy atom. The Kier molecular flexibility index (Phi) is 4.58. The van der Waals surface area contributed by atoms with Crippen LogP contribution in [-0.2, 0) is 4.79 Å². The third-order valence-electron chi connectivity index (χ3n) is 4.67. The van der Waals surface area contributed by atoms with Gasteiger partial charge in [0.25, 0.3) is 0 Å². The molecule has 0 saturated heterocycles. The summed E-state index contributed by atoms with van der Waals surface area (Å²) in [6, 6.07) is 13.0. The summed E-state index contributed by atoms with van der Waals surface area (Å²) in [7, 11) is -0.851. The third kappa shape index (κ3) is 3.40. The van der Waals surface area contributed by atoms with Crippen molar-refractivity contribution >= 4 is 41.1 Å². The van der Waals surface area contributed by atoms with Crippen LogP contribution in [0, 0.1) is 0 Å². The normalized spacial score (nSPS) is 13.8. The lowest BCUT2D eigenvalue weighted by molar-refractivity contribution is -0.117. The van der Waals surface area contributed by atoms with Gasteiger partial charge in [-0.05, 0) is 46.2 Å². The molecule has 0 aliphatic carbocycles. The number of carbonyl (C=O) groups excluding carboxylic acids is 1. The van der Waals surface area contributed by atoms with E-state index in [1.807, 2.05) is 36.4 Å². The molecule has 1 aliphatic heterocycles. The number of aromatic nitrogens is 1. The number of nitrogens with one attached hydrogen (secondary N) is 2. The molecule has 1 atom stereocenters. The molecule has 8 heteroatoms. The number of amides is 1. The molecule has 1 amide bonds. The van der Waals surface area contributed by atoms with Crippen LogP contribution in [0.25, 0.3) is 10.8 Å². The van der Waals surface area contributed by atoms with Crippen LogP contribution in [0.3, 0.4) is 0 Å². The first-order valence-electron chi connectivity index (χ1n) is 8.61. The lowest BCUT2D eigenvalue weighted by atomic mass is 9.71. The molecule has 0 radical (unpaired) electrons. The summed E-state index contributed by atoms with van der Waals surface area (Å²) >= 11 is 0. The summed E-state index contributed by atoms with van der Waals surface area (Å²) in [5.41, 5.74) is 8.85. The van der Waals surface area contributed by atoms with Crippen LogP contribution < -0.4 is 21.9 Å². The Balaban J connectivity index is 1.58. The maximum atomic E-state index is 12.8. The number of carbonyl (C=O) groups is 1. The highest BCUT2D eigenvalue weighted by Gasteiger charge is 2.24. The first-order valence-corrected chi connectivity index (χ1v) is 8.61. The zero-order chi connectivity index (χ0) is 18.8. The molecule has 2 heterocycles. The molecule has 7 nitrogen and oxygen atoms in total. The van der Waals surface area contributed by atoms with Crippen LogP contribution >= 0.6 is 0 Å². The molecular weight excluding hydrogens is 341 g/mol. The molecule has 1 aromatic heterocycles. The molecule has 2 aromatic carbocycles. The summed E-state index contributed by atoms with van der Waals surface area (Å²) in [5, 5.41) is 21.3.